The number of hydrogen-bond acceptors (Lipinski definition) is 4. The molecule has 2 aromatic rings. The van der Waals surface area contributed by atoms with Crippen molar-refractivity contribution in [3.8, 4) is 0 Å². The number of aromatic amines is 1. The number of H-pyrrole nitrogens is 1. The Morgan fingerprint density at radius 2 is 1.94 bits per heavy atom. The summed E-state index contributed by atoms with van der Waals surface area (Å²) in [4.78, 5) is 35.2. The number of nitrogens with one attached hydrogen (secondary N) is 1. The van der Waals surface area contributed by atoms with Crippen molar-refractivity contribution < 1.29 is 9.18 Å². The van der Waals surface area contributed by atoms with Gasteiger partial charge < -0.3 is 14.8 Å². The molecule has 4 aliphatic heterocycles. The number of fused-ring (bicyclic) bond motifs is 4. The van der Waals surface area contributed by atoms with Crippen LogP contribution in [-0.4, -0.2) is 63.1 Å². The number of carbonyl (C=O) groups is 1. The Hall–Kier alpha value is -2.87. The summed E-state index contributed by atoms with van der Waals surface area (Å²) in [5.41, 5.74) is 1.17. The van der Waals surface area contributed by atoms with Crippen LogP contribution in [0.5, 0.6) is 0 Å². The van der Waals surface area contributed by atoms with E-state index in [9.17, 15) is 14.0 Å². The Morgan fingerprint density at radius 1 is 1.18 bits per heavy atom. The van der Waals surface area contributed by atoms with Gasteiger partial charge >= 0.3 is 5.69 Å². The van der Waals surface area contributed by atoms with Gasteiger partial charge in [-0.3, -0.25) is 14.3 Å². The van der Waals surface area contributed by atoms with Gasteiger partial charge in [0.2, 0.25) is 0 Å². The first-order valence-electron chi connectivity index (χ1n) is 11.7. The molecular weight excluding hydrogens is 421 g/mol. The third kappa shape index (κ3) is 3.90. The number of rotatable bonds is 3. The number of halogens is 1. The molecule has 3 atom stereocenters. The number of imidazole rings is 1. The maximum atomic E-state index is 13.7. The summed E-state index contributed by atoms with van der Waals surface area (Å²) < 4.78 is 15.4. The van der Waals surface area contributed by atoms with Crippen LogP contribution in [0, 0.1) is 11.2 Å². The Balaban J connectivity index is 1.42. The molecule has 1 N–H and O–H groups in total. The zero-order valence-electron chi connectivity index (χ0n) is 19.7. The van der Waals surface area contributed by atoms with Gasteiger partial charge in [-0.1, -0.05) is 26.8 Å². The summed E-state index contributed by atoms with van der Waals surface area (Å²) >= 11 is 0. The molecule has 8 heteroatoms. The molecule has 6 rings (SSSR count). The van der Waals surface area contributed by atoms with E-state index >= 15 is 0 Å². The van der Waals surface area contributed by atoms with Crippen LogP contribution < -0.4 is 10.6 Å². The average molecular weight is 454 g/mol. The van der Waals surface area contributed by atoms with Crippen molar-refractivity contribution in [3.63, 3.8) is 0 Å². The summed E-state index contributed by atoms with van der Waals surface area (Å²) in [6, 6.07) is 6.27. The highest BCUT2D eigenvalue weighted by Gasteiger charge is 2.46. The highest BCUT2D eigenvalue weighted by Crippen LogP contribution is 2.37. The molecule has 176 valence electrons. The van der Waals surface area contributed by atoms with Crippen molar-refractivity contribution in [2.45, 2.75) is 51.9 Å². The van der Waals surface area contributed by atoms with Crippen molar-refractivity contribution >= 4 is 17.8 Å². The van der Waals surface area contributed by atoms with Gasteiger partial charge in [0, 0.05) is 44.3 Å². The van der Waals surface area contributed by atoms with Crippen LogP contribution in [0.15, 0.2) is 35.1 Å². The Labute approximate surface area is 193 Å². The molecule has 1 aromatic heterocycles. The number of aromatic nitrogens is 2. The minimum absolute atomic E-state index is 0.0114. The fourth-order valence-corrected chi connectivity index (χ4v) is 5.60. The number of carbonyl (C=O) groups excluding carboxylic acids is 1. The lowest BCUT2D eigenvalue weighted by Gasteiger charge is -2.56. The largest absolute Gasteiger partial charge is 0.336 e. The zero-order chi connectivity index (χ0) is 23.5. The van der Waals surface area contributed by atoms with E-state index in [0.717, 1.165) is 37.4 Å². The van der Waals surface area contributed by atoms with E-state index in [1.165, 1.54) is 12.1 Å². The standard InChI is InChI=1S/C25H32FN5O2/c1-25(2,3)15-31-21(11-10-20-22(31)28(4)24(33)27-20)29-13-19-9-8-18(29)14-30(19)23(32)16-6-5-7-17(26)12-16/h5-7,10-12,18-19,21H,8-9,13-15H2,1-4H3,(H,27,33). The van der Waals surface area contributed by atoms with Crippen LogP contribution in [0.4, 0.5) is 10.2 Å². The van der Waals surface area contributed by atoms with E-state index in [2.05, 4.69) is 41.6 Å². The maximum Gasteiger partial charge on any atom is 0.327 e. The molecule has 5 heterocycles. The number of hydrogen-bond donors (Lipinski definition) is 1. The van der Waals surface area contributed by atoms with Crippen molar-refractivity contribution in [2.75, 3.05) is 24.5 Å². The molecule has 1 aromatic carbocycles. The lowest BCUT2D eigenvalue weighted by Crippen LogP contribution is -2.68. The smallest absolute Gasteiger partial charge is 0.327 e. The third-order valence-corrected chi connectivity index (χ3v) is 7.02. The fourth-order valence-electron chi connectivity index (χ4n) is 5.60. The highest BCUT2D eigenvalue weighted by atomic mass is 19.1. The minimum atomic E-state index is -0.386. The van der Waals surface area contributed by atoms with Gasteiger partial charge in [-0.05, 0) is 48.6 Å². The van der Waals surface area contributed by atoms with Crippen LogP contribution in [0.2, 0.25) is 0 Å². The summed E-state index contributed by atoms with van der Waals surface area (Å²) in [7, 11) is 1.81. The lowest BCUT2D eigenvalue weighted by atomic mass is 9.88. The van der Waals surface area contributed by atoms with E-state index in [1.807, 2.05) is 18.0 Å². The molecule has 0 aliphatic carbocycles. The van der Waals surface area contributed by atoms with E-state index < -0.39 is 0 Å². The lowest BCUT2D eigenvalue weighted by molar-refractivity contribution is -0.0247. The molecule has 4 aliphatic rings. The van der Waals surface area contributed by atoms with Crippen molar-refractivity contribution in [1.29, 1.82) is 0 Å². The Morgan fingerprint density at radius 3 is 2.61 bits per heavy atom. The van der Waals surface area contributed by atoms with Gasteiger partial charge in [0.05, 0.1) is 5.69 Å². The first-order valence-corrected chi connectivity index (χ1v) is 11.7. The number of piperidine rings is 2. The van der Waals surface area contributed by atoms with Crippen LogP contribution in [0.3, 0.4) is 0 Å². The first kappa shape index (κ1) is 21.9. The van der Waals surface area contributed by atoms with Crippen molar-refractivity contribution in [3.05, 3.63) is 57.9 Å². The second kappa shape index (κ2) is 7.87. The number of benzene rings is 1. The van der Waals surface area contributed by atoms with Crippen LogP contribution >= 0.6 is 0 Å². The van der Waals surface area contributed by atoms with Gasteiger partial charge in [-0.15, -0.1) is 0 Å². The van der Waals surface area contributed by atoms with Gasteiger partial charge in [-0.25, -0.2) is 9.18 Å². The molecule has 3 unspecified atom stereocenters. The first-order chi connectivity index (χ1) is 15.6. The molecule has 3 fully saturated rings. The summed E-state index contributed by atoms with van der Waals surface area (Å²) in [5, 5.41) is 0. The van der Waals surface area contributed by atoms with Crippen LogP contribution in [-0.2, 0) is 7.05 Å². The average Bonchev–Trinajstić information content (AvgIpc) is 3.06. The summed E-state index contributed by atoms with van der Waals surface area (Å²) in [6.07, 6.45) is 6.16. The van der Waals surface area contributed by atoms with Crippen molar-refractivity contribution in [2.24, 2.45) is 12.5 Å². The van der Waals surface area contributed by atoms with Crippen molar-refractivity contribution in [1.82, 2.24) is 19.4 Å². The van der Waals surface area contributed by atoms with Crippen LogP contribution in [0.25, 0.3) is 6.08 Å². The predicted molar refractivity (Wildman–Crippen MR) is 127 cm³/mol. The molecule has 7 nitrogen and oxygen atoms in total. The predicted octanol–water partition coefficient (Wildman–Crippen LogP) is 3.05. The SMILES string of the molecule is Cn1c2c([nH]c1=O)C=CC(N1CC3CCC1CN3C(=O)c1cccc(F)c1)N2CC(C)(C)C. The highest BCUT2D eigenvalue weighted by molar-refractivity contribution is 5.94. The van der Waals surface area contributed by atoms with E-state index in [1.54, 1.807) is 16.7 Å². The van der Waals surface area contributed by atoms with Gasteiger partial charge in [-0.2, -0.15) is 0 Å². The van der Waals surface area contributed by atoms with Gasteiger partial charge in [0.25, 0.3) is 5.91 Å². The fraction of sp³-hybridized carbons (Fsp3) is 0.520. The Kier molecular flexibility index (Phi) is 5.23. The molecule has 1 amide bonds. The number of piperazine rings is 1. The van der Waals surface area contributed by atoms with Gasteiger partial charge in [0.15, 0.2) is 0 Å². The van der Waals surface area contributed by atoms with E-state index in [0.29, 0.717) is 12.1 Å². The van der Waals surface area contributed by atoms with E-state index in [4.69, 9.17) is 0 Å². The Bertz CT molecular complexity index is 1160. The monoisotopic (exact) mass is 453 g/mol. The normalized spacial score (nSPS) is 24.9. The number of anilines is 1. The second-order valence-electron chi connectivity index (χ2n) is 10.7. The molecular formula is C25H32FN5O2. The minimum Gasteiger partial charge on any atom is -0.336 e. The number of nitrogens with zero attached hydrogens (tertiary/aromatic N) is 4. The molecule has 3 saturated heterocycles. The molecule has 0 spiro atoms. The summed E-state index contributed by atoms with van der Waals surface area (Å²) in [6.45, 7) is 8.79. The van der Waals surface area contributed by atoms with Crippen LogP contribution in [0.1, 0.15) is 49.7 Å². The van der Waals surface area contributed by atoms with E-state index in [-0.39, 0.29) is 41.1 Å². The molecule has 0 saturated carbocycles. The van der Waals surface area contributed by atoms with Gasteiger partial charge in [0.1, 0.15) is 17.8 Å². The molecule has 33 heavy (non-hydrogen) atoms. The third-order valence-electron chi connectivity index (χ3n) is 7.02. The number of amides is 1. The topological polar surface area (TPSA) is 64.6 Å². The summed E-state index contributed by atoms with van der Waals surface area (Å²) in [5.74, 6) is 0.434. The second-order valence-corrected chi connectivity index (χ2v) is 10.7. The molecule has 2 bridgehead atoms. The maximum absolute atomic E-state index is 13.7. The molecule has 0 radical (unpaired) electrons. The zero-order valence-corrected chi connectivity index (χ0v) is 19.7. The quantitative estimate of drug-likeness (QED) is 0.776.